The molecule has 8 heteroatoms. The van der Waals surface area contributed by atoms with Gasteiger partial charge in [-0.15, -0.1) is 0 Å². The molecule has 0 fully saturated rings. The number of hydrazone groups is 1. The third kappa shape index (κ3) is 5.46. The molecule has 0 aliphatic heterocycles. The lowest BCUT2D eigenvalue weighted by atomic mass is 10.2. The molecule has 0 aliphatic rings. The number of benzene rings is 3. The summed E-state index contributed by atoms with van der Waals surface area (Å²) in [7, 11) is 1.56. The van der Waals surface area contributed by atoms with Crippen molar-refractivity contribution in [2.45, 2.75) is 6.61 Å². The van der Waals surface area contributed by atoms with E-state index in [4.69, 9.17) is 21.1 Å². The van der Waals surface area contributed by atoms with Gasteiger partial charge in [0.1, 0.15) is 6.61 Å². The van der Waals surface area contributed by atoms with Crippen molar-refractivity contribution in [2.24, 2.45) is 5.10 Å². The molecule has 0 atom stereocenters. The number of hydrogen-bond acceptors (Lipinski definition) is 6. The van der Waals surface area contributed by atoms with Gasteiger partial charge < -0.3 is 9.47 Å². The van der Waals surface area contributed by atoms with Crippen molar-refractivity contribution in [2.75, 3.05) is 12.5 Å². The molecule has 7 nitrogen and oxygen atoms in total. The van der Waals surface area contributed by atoms with E-state index in [1.54, 1.807) is 37.6 Å². The molecule has 3 aromatic carbocycles. The molecule has 0 bridgehead atoms. The van der Waals surface area contributed by atoms with E-state index in [2.05, 4.69) is 10.5 Å². The van der Waals surface area contributed by atoms with Crippen molar-refractivity contribution in [3.8, 4) is 11.5 Å². The number of ether oxygens (including phenoxy) is 2. The fourth-order valence-corrected chi connectivity index (χ4v) is 2.81. The van der Waals surface area contributed by atoms with Crippen LogP contribution < -0.4 is 14.9 Å². The van der Waals surface area contributed by atoms with Crippen LogP contribution in [0.3, 0.4) is 0 Å². The van der Waals surface area contributed by atoms with Crippen molar-refractivity contribution in [1.82, 2.24) is 0 Å². The molecule has 3 aromatic rings. The van der Waals surface area contributed by atoms with Crippen LogP contribution >= 0.6 is 11.6 Å². The highest BCUT2D eigenvalue weighted by molar-refractivity contribution is 6.30. The minimum absolute atomic E-state index is 0.0166. The number of anilines is 1. The molecule has 148 valence electrons. The average molecular weight is 412 g/mol. The first-order chi connectivity index (χ1) is 14.1. The Morgan fingerprint density at radius 3 is 2.69 bits per heavy atom. The largest absolute Gasteiger partial charge is 0.493 e. The molecule has 0 amide bonds. The molecule has 0 saturated carbocycles. The monoisotopic (exact) mass is 411 g/mol. The van der Waals surface area contributed by atoms with Gasteiger partial charge in [-0.25, -0.2) is 0 Å². The quantitative estimate of drug-likeness (QED) is 0.309. The summed E-state index contributed by atoms with van der Waals surface area (Å²) < 4.78 is 11.4. The van der Waals surface area contributed by atoms with E-state index < -0.39 is 4.92 Å². The Bertz CT molecular complexity index is 1040. The maximum atomic E-state index is 10.9. The summed E-state index contributed by atoms with van der Waals surface area (Å²) in [4.78, 5) is 10.4. The van der Waals surface area contributed by atoms with Gasteiger partial charge >= 0.3 is 0 Å². The standard InChI is InChI=1S/C21H18ClN3O4/c1-28-20-10-3-6-16(21(20)29-14-15-5-2-7-17(22)11-15)13-23-24-18-8-4-9-19(12-18)25(26)27/h2-13,24H,14H2,1H3. The van der Waals surface area contributed by atoms with Crippen LogP contribution in [0.25, 0.3) is 0 Å². The fourth-order valence-electron chi connectivity index (χ4n) is 2.60. The van der Waals surface area contributed by atoms with Crippen LogP contribution in [0.15, 0.2) is 71.8 Å². The summed E-state index contributed by atoms with van der Waals surface area (Å²) in [5, 5.41) is 15.7. The SMILES string of the molecule is COc1cccc(C=NNc2cccc([N+](=O)[O-])c2)c1OCc1cccc(Cl)c1. The molecular formula is C21H18ClN3O4. The summed E-state index contributed by atoms with van der Waals surface area (Å²) in [6.45, 7) is 0.306. The number of nitrogens with one attached hydrogen (secondary N) is 1. The van der Waals surface area contributed by atoms with Crippen molar-refractivity contribution in [3.05, 3.63) is 93.0 Å². The van der Waals surface area contributed by atoms with E-state index >= 15 is 0 Å². The van der Waals surface area contributed by atoms with Gasteiger partial charge in [0.2, 0.25) is 0 Å². The normalized spacial score (nSPS) is 10.7. The predicted molar refractivity (Wildman–Crippen MR) is 113 cm³/mol. The maximum absolute atomic E-state index is 10.9. The Labute approximate surface area is 172 Å². The van der Waals surface area contributed by atoms with E-state index in [9.17, 15) is 10.1 Å². The number of rotatable bonds is 8. The van der Waals surface area contributed by atoms with Crippen LogP contribution in [-0.4, -0.2) is 18.2 Å². The van der Waals surface area contributed by atoms with Crippen molar-refractivity contribution >= 4 is 29.2 Å². The molecule has 3 rings (SSSR count). The van der Waals surface area contributed by atoms with Crippen LogP contribution in [-0.2, 0) is 6.61 Å². The fraction of sp³-hybridized carbons (Fsp3) is 0.0952. The second kappa shape index (κ2) is 9.57. The van der Waals surface area contributed by atoms with Crippen LogP contribution in [0.2, 0.25) is 5.02 Å². The van der Waals surface area contributed by atoms with E-state index in [0.717, 1.165) is 5.56 Å². The highest BCUT2D eigenvalue weighted by Gasteiger charge is 2.10. The minimum Gasteiger partial charge on any atom is -0.493 e. The van der Waals surface area contributed by atoms with Crippen LogP contribution in [0, 0.1) is 10.1 Å². The zero-order valence-electron chi connectivity index (χ0n) is 15.5. The van der Waals surface area contributed by atoms with Gasteiger partial charge in [-0.2, -0.15) is 5.10 Å². The first-order valence-corrected chi connectivity index (χ1v) is 9.02. The van der Waals surface area contributed by atoms with Crippen molar-refractivity contribution in [1.29, 1.82) is 0 Å². The number of para-hydroxylation sites is 1. The van der Waals surface area contributed by atoms with Crippen molar-refractivity contribution in [3.63, 3.8) is 0 Å². The second-order valence-corrected chi connectivity index (χ2v) is 6.41. The highest BCUT2D eigenvalue weighted by atomic mass is 35.5. The number of non-ortho nitro benzene ring substituents is 1. The van der Waals surface area contributed by atoms with Gasteiger partial charge in [0.25, 0.3) is 5.69 Å². The summed E-state index contributed by atoms with van der Waals surface area (Å²) in [5.41, 5.74) is 4.87. The smallest absolute Gasteiger partial charge is 0.271 e. The zero-order valence-corrected chi connectivity index (χ0v) is 16.3. The molecule has 0 aromatic heterocycles. The van der Waals surface area contributed by atoms with E-state index in [1.165, 1.54) is 12.1 Å². The Kier molecular flexibility index (Phi) is 6.65. The molecule has 0 heterocycles. The molecule has 0 radical (unpaired) electrons. The third-order valence-electron chi connectivity index (χ3n) is 3.96. The summed E-state index contributed by atoms with van der Waals surface area (Å²) in [6.07, 6.45) is 1.56. The molecule has 29 heavy (non-hydrogen) atoms. The lowest BCUT2D eigenvalue weighted by molar-refractivity contribution is -0.384. The summed E-state index contributed by atoms with van der Waals surface area (Å²) >= 11 is 6.02. The van der Waals surface area contributed by atoms with Gasteiger partial charge in [-0.3, -0.25) is 15.5 Å². The topological polar surface area (TPSA) is 86.0 Å². The van der Waals surface area contributed by atoms with Crippen LogP contribution in [0.4, 0.5) is 11.4 Å². The Morgan fingerprint density at radius 2 is 1.93 bits per heavy atom. The van der Waals surface area contributed by atoms with Gasteiger partial charge in [-0.1, -0.05) is 35.9 Å². The molecule has 0 spiro atoms. The first kappa shape index (κ1) is 20.2. The molecule has 1 N–H and O–H groups in total. The lowest BCUT2D eigenvalue weighted by Gasteiger charge is -2.13. The van der Waals surface area contributed by atoms with Crippen LogP contribution in [0.1, 0.15) is 11.1 Å². The molecule has 0 saturated heterocycles. The summed E-state index contributed by atoms with van der Waals surface area (Å²) in [6, 6.07) is 18.9. The first-order valence-electron chi connectivity index (χ1n) is 8.64. The van der Waals surface area contributed by atoms with Gasteiger partial charge in [0.05, 0.1) is 23.9 Å². The number of nitro groups is 1. The number of halogens is 1. The molecular weight excluding hydrogens is 394 g/mol. The van der Waals surface area contributed by atoms with Crippen molar-refractivity contribution < 1.29 is 14.4 Å². The molecule has 0 aliphatic carbocycles. The Hall–Kier alpha value is -3.58. The third-order valence-corrected chi connectivity index (χ3v) is 4.19. The van der Waals surface area contributed by atoms with Crippen LogP contribution in [0.5, 0.6) is 11.5 Å². The van der Waals surface area contributed by atoms with E-state index in [-0.39, 0.29) is 5.69 Å². The molecule has 0 unspecified atom stereocenters. The van der Waals surface area contributed by atoms with Gasteiger partial charge in [-0.05, 0) is 35.9 Å². The highest BCUT2D eigenvalue weighted by Crippen LogP contribution is 2.31. The Morgan fingerprint density at radius 1 is 1.14 bits per heavy atom. The number of nitro benzene ring substituents is 1. The van der Waals surface area contributed by atoms with E-state index in [0.29, 0.717) is 34.4 Å². The average Bonchev–Trinajstić information content (AvgIpc) is 2.73. The second-order valence-electron chi connectivity index (χ2n) is 5.97. The van der Waals surface area contributed by atoms with Gasteiger partial charge in [0.15, 0.2) is 11.5 Å². The minimum atomic E-state index is -0.460. The maximum Gasteiger partial charge on any atom is 0.271 e. The Balaban J connectivity index is 1.77. The zero-order chi connectivity index (χ0) is 20.6. The number of methoxy groups -OCH3 is 1. The van der Waals surface area contributed by atoms with E-state index in [1.807, 2.05) is 30.3 Å². The number of nitrogens with zero attached hydrogens (tertiary/aromatic N) is 2. The lowest BCUT2D eigenvalue weighted by Crippen LogP contribution is -2.01. The van der Waals surface area contributed by atoms with Gasteiger partial charge in [0, 0.05) is 22.7 Å². The summed E-state index contributed by atoms with van der Waals surface area (Å²) in [5.74, 6) is 1.09. The number of hydrogen-bond donors (Lipinski definition) is 1. The predicted octanol–water partition coefficient (Wildman–Crippen LogP) is 5.28.